The highest BCUT2D eigenvalue weighted by atomic mass is 16.5. The first-order valence-electron chi connectivity index (χ1n) is 8.78. The highest BCUT2D eigenvalue weighted by molar-refractivity contribution is 5.87. The van der Waals surface area contributed by atoms with E-state index in [2.05, 4.69) is 15.1 Å². The fraction of sp³-hybridized carbons (Fsp3) is 0.143. The Morgan fingerprint density at radius 2 is 1.68 bits per heavy atom. The van der Waals surface area contributed by atoms with Gasteiger partial charge in [-0.1, -0.05) is 30.3 Å². The second-order valence-corrected chi connectivity index (χ2v) is 6.32. The maximum atomic E-state index is 12.4. The zero-order valence-corrected chi connectivity index (χ0v) is 15.5. The van der Waals surface area contributed by atoms with Crippen LogP contribution in [0.3, 0.4) is 0 Å². The van der Waals surface area contributed by atoms with Crippen molar-refractivity contribution < 1.29 is 14.3 Å². The number of hydrogen-bond acceptors (Lipinski definition) is 6. The van der Waals surface area contributed by atoms with Gasteiger partial charge >= 0.3 is 5.97 Å². The normalized spacial score (nSPS) is 10.8. The Morgan fingerprint density at radius 3 is 2.43 bits per heavy atom. The Labute approximate surface area is 161 Å². The van der Waals surface area contributed by atoms with E-state index in [1.165, 1.54) is 4.52 Å². The van der Waals surface area contributed by atoms with Crippen LogP contribution in [-0.2, 0) is 6.61 Å². The van der Waals surface area contributed by atoms with Gasteiger partial charge in [0.25, 0.3) is 11.6 Å². The Bertz CT molecular complexity index is 1120. The topological polar surface area (TPSA) is 78.6 Å². The van der Waals surface area contributed by atoms with Crippen LogP contribution in [-0.4, -0.2) is 25.6 Å². The fourth-order valence-electron chi connectivity index (χ4n) is 2.75. The lowest BCUT2D eigenvalue weighted by molar-refractivity contribution is 0.0722. The van der Waals surface area contributed by atoms with E-state index in [9.17, 15) is 4.79 Å². The minimum Gasteiger partial charge on any atom is -0.489 e. The van der Waals surface area contributed by atoms with Gasteiger partial charge in [0, 0.05) is 11.4 Å². The van der Waals surface area contributed by atoms with Crippen molar-refractivity contribution in [2.75, 3.05) is 0 Å². The van der Waals surface area contributed by atoms with Crippen LogP contribution >= 0.6 is 0 Å². The van der Waals surface area contributed by atoms with Crippen LogP contribution in [0.1, 0.15) is 27.6 Å². The molecule has 7 heteroatoms. The summed E-state index contributed by atoms with van der Waals surface area (Å²) in [7, 11) is 0. The molecule has 0 aliphatic heterocycles. The van der Waals surface area contributed by atoms with Gasteiger partial charge in [0.2, 0.25) is 0 Å². The fourth-order valence-corrected chi connectivity index (χ4v) is 2.75. The van der Waals surface area contributed by atoms with E-state index in [-0.39, 0.29) is 5.82 Å². The minimum atomic E-state index is -0.638. The maximum Gasteiger partial charge on any atom is 0.383 e. The summed E-state index contributed by atoms with van der Waals surface area (Å²) in [5.74, 6) is 0.766. The van der Waals surface area contributed by atoms with Crippen molar-refractivity contribution in [2.24, 2.45) is 0 Å². The number of aromatic nitrogens is 4. The third kappa shape index (κ3) is 3.83. The minimum absolute atomic E-state index is 0.0365. The lowest BCUT2D eigenvalue weighted by Gasteiger charge is -2.07. The molecular formula is C21H18N4O3. The lowest BCUT2D eigenvalue weighted by Crippen LogP contribution is -2.11. The highest BCUT2D eigenvalue weighted by Crippen LogP contribution is 2.19. The molecule has 0 bridgehead atoms. The summed E-state index contributed by atoms with van der Waals surface area (Å²) in [6.07, 6.45) is 0. The number of benzene rings is 2. The molecule has 0 fully saturated rings. The highest BCUT2D eigenvalue weighted by Gasteiger charge is 2.17. The van der Waals surface area contributed by atoms with Crippen molar-refractivity contribution in [3.05, 3.63) is 83.4 Å². The van der Waals surface area contributed by atoms with Gasteiger partial charge in [0.05, 0.1) is 0 Å². The van der Waals surface area contributed by atoms with Crippen molar-refractivity contribution >= 4 is 11.7 Å². The van der Waals surface area contributed by atoms with Gasteiger partial charge in [0.15, 0.2) is 0 Å². The number of carbonyl (C=O) groups is 1. The number of esters is 1. The molecule has 0 radical (unpaired) electrons. The third-order valence-corrected chi connectivity index (χ3v) is 4.08. The van der Waals surface area contributed by atoms with Gasteiger partial charge in [-0.15, -0.1) is 5.10 Å². The Kier molecular flexibility index (Phi) is 4.72. The van der Waals surface area contributed by atoms with E-state index in [1.807, 2.05) is 50.2 Å². The smallest absolute Gasteiger partial charge is 0.383 e. The van der Waals surface area contributed by atoms with Crippen LogP contribution in [0.15, 0.2) is 60.7 Å². The summed E-state index contributed by atoms with van der Waals surface area (Å²) in [4.78, 5) is 20.8. The average Bonchev–Trinajstić information content (AvgIpc) is 3.13. The predicted octanol–water partition coefficient (Wildman–Crippen LogP) is 3.54. The van der Waals surface area contributed by atoms with Crippen LogP contribution in [0.5, 0.6) is 11.5 Å². The molecule has 0 saturated carbocycles. The van der Waals surface area contributed by atoms with Crippen LogP contribution in [0, 0.1) is 13.8 Å². The Balaban J connectivity index is 1.42. The SMILES string of the molecule is Cc1cc(C)n2nc(C(=O)Oc3ccc(OCc4ccccc4)cc3)nc2n1. The van der Waals surface area contributed by atoms with Crippen LogP contribution < -0.4 is 9.47 Å². The molecule has 4 aromatic rings. The molecule has 28 heavy (non-hydrogen) atoms. The number of hydrogen-bond donors (Lipinski definition) is 0. The molecule has 0 amide bonds. The van der Waals surface area contributed by atoms with E-state index in [0.29, 0.717) is 23.9 Å². The standard InChI is InChI=1S/C21H18N4O3/c1-14-12-15(2)25-21(22-14)23-19(24-25)20(26)28-18-10-8-17(9-11-18)27-13-16-6-4-3-5-7-16/h3-12H,13H2,1-2H3. The van der Waals surface area contributed by atoms with Crippen molar-refractivity contribution in [3.8, 4) is 11.5 Å². The van der Waals surface area contributed by atoms with Gasteiger partial charge in [-0.2, -0.15) is 4.98 Å². The van der Waals surface area contributed by atoms with Crippen molar-refractivity contribution in [2.45, 2.75) is 20.5 Å². The molecule has 2 aromatic carbocycles. The van der Waals surface area contributed by atoms with E-state index >= 15 is 0 Å². The van der Waals surface area contributed by atoms with Gasteiger partial charge < -0.3 is 9.47 Å². The van der Waals surface area contributed by atoms with E-state index < -0.39 is 5.97 Å². The number of aryl methyl sites for hydroxylation is 2. The van der Waals surface area contributed by atoms with Crippen LogP contribution in [0.2, 0.25) is 0 Å². The van der Waals surface area contributed by atoms with Crippen molar-refractivity contribution in [3.63, 3.8) is 0 Å². The van der Waals surface area contributed by atoms with Gasteiger partial charge in [-0.05, 0) is 49.7 Å². The summed E-state index contributed by atoms with van der Waals surface area (Å²) in [5, 5.41) is 4.17. The molecule has 0 aliphatic carbocycles. The number of nitrogens with zero attached hydrogens (tertiary/aromatic N) is 4. The zero-order chi connectivity index (χ0) is 19.5. The largest absolute Gasteiger partial charge is 0.489 e. The van der Waals surface area contributed by atoms with Crippen molar-refractivity contribution in [1.29, 1.82) is 0 Å². The lowest BCUT2D eigenvalue weighted by atomic mass is 10.2. The molecule has 7 nitrogen and oxygen atoms in total. The molecule has 0 saturated heterocycles. The second-order valence-electron chi connectivity index (χ2n) is 6.32. The monoisotopic (exact) mass is 374 g/mol. The first-order chi connectivity index (χ1) is 13.6. The molecule has 0 N–H and O–H groups in total. The summed E-state index contributed by atoms with van der Waals surface area (Å²) in [5.41, 5.74) is 2.73. The zero-order valence-electron chi connectivity index (χ0n) is 15.5. The molecule has 4 rings (SSSR count). The molecule has 0 spiro atoms. The number of carbonyl (C=O) groups excluding carboxylic acids is 1. The van der Waals surface area contributed by atoms with E-state index in [0.717, 1.165) is 17.0 Å². The molecule has 2 heterocycles. The van der Waals surface area contributed by atoms with E-state index in [1.54, 1.807) is 24.3 Å². The summed E-state index contributed by atoms with van der Waals surface area (Å²) in [6.45, 7) is 4.21. The molecule has 0 unspecified atom stereocenters. The molecule has 0 atom stereocenters. The molecular weight excluding hydrogens is 356 g/mol. The third-order valence-electron chi connectivity index (χ3n) is 4.08. The summed E-state index contributed by atoms with van der Waals surface area (Å²) >= 11 is 0. The maximum absolute atomic E-state index is 12.4. The van der Waals surface area contributed by atoms with Gasteiger partial charge in [-0.3, -0.25) is 0 Å². The van der Waals surface area contributed by atoms with Gasteiger partial charge in [0.1, 0.15) is 18.1 Å². The number of fused-ring (bicyclic) bond motifs is 1. The van der Waals surface area contributed by atoms with E-state index in [4.69, 9.17) is 9.47 Å². The predicted molar refractivity (Wildman–Crippen MR) is 102 cm³/mol. The first-order valence-corrected chi connectivity index (χ1v) is 8.78. The molecule has 2 aromatic heterocycles. The van der Waals surface area contributed by atoms with Crippen LogP contribution in [0.25, 0.3) is 5.78 Å². The van der Waals surface area contributed by atoms with Crippen molar-refractivity contribution in [1.82, 2.24) is 19.6 Å². The van der Waals surface area contributed by atoms with Crippen LogP contribution in [0.4, 0.5) is 0 Å². The first kappa shape index (κ1) is 17.7. The molecule has 0 aliphatic rings. The second kappa shape index (κ2) is 7.48. The quantitative estimate of drug-likeness (QED) is 0.393. The number of rotatable bonds is 5. The number of ether oxygens (including phenoxy) is 2. The Hall–Kier alpha value is -3.74. The molecule has 140 valence electrons. The average molecular weight is 374 g/mol. The Morgan fingerprint density at radius 1 is 0.964 bits per heavy atom. The van der Waals surface area contributed by atoms with Gasteiger partial charge in [-0.25, -0.2) is 14.3 Å². The summed E-state index contributed by atoms with van der Waals surface area (Å²) < 4.78 is 12.6. The summed E-state index contributed by atoms with van der Waals surface area (Å²) in [6, 6.07) is 18.6.